The molecule has 1 saturated carbocycles. The molecule has 13 heavy (non-hydrogen) atoms. The lowest BCUT2D eigenvalue weighted by Crippen LogP contribution is -2.08. The Morgan fingerprint density at radius 3 is 2.46 bits per heavy atom. The molecule has 0 radical (unpaired) electrons. The Morgan fingerprint density at radius 2 is 1.85 bits per heavy atom. The van der Waals surface area contributed by atoms with E-state index in [4.69, 9.17) is 0 Å². The van der Waals surface area contributed by atoms with Gasteiger partial charge in [-0.2, -0.15) is 0 Å². The first-order chi connectivity index (χ1) is 6.13. The van der Waals surface area contributed by atoms with E-state index in [1.54, 1.807) is 6.07 Å². The molecule has 0 heterocycles. The molecule has 0 bridgehead atoms. The SMILES string of the molecule is Cc1c(C2(C)CC2)ccccc1=O. The first-order valence-electron chi connectivity index (χ1n) is 4.74. The highest BCUT2D eigenvalue weighted by Crippen LogP contribution is 2.47. The molecule has 1 nitrogen and oxygen atoms in total. The molecule has 0 unspecified atom stereocenters. The average Bonchev–Trinajstić information content (AvgIpc) is 2.83. The summed E-state index contributed by atoms with van der Waals surface area (Å²) < 4.78 is 0. The van der Waals surface area contributed by atoms with Gasteiger partial charge in [-0.05, 0) is 36.8 Å². The minimum Gasteiger partial charge on any atom is -0.290 e. The van der Waals surface area contributed by atoms with Crippen LogP contribution in [0.2, 0.25) is 0 Å². The zero-order valence-corrected chi connectivity index (χ0v) is 8.13. The van der Waals surface area contributed by atoms with Crippen molar-refractivity contribution in [1.82, 2.24) is 0 Å². The third-order valence-corrected chi connectivity index (χ3v) is 3.05. The molecule has 2 rings (SSSR count). The van der Waals surface area contributed by atoms with Crippen molar-refractivity contribution in [2.75, 3.05) is 0 Å². The molecular weight excluding hydrogens is 160 g/mol. The van der Waals surface area contributed by atoms with Crippen molar-refractivity contribution in [1.29, 1.82) is 0 Å². The summed E-state index contributed by atoms with van der Waals surface area (Å²) in [6.45, 7) is 4.16. The summed E-state index contributed by atoms with van der Waals surface area (Å²) in [5.41, 5.74) is 2.61. The maximum atomic E-state index is 11.5. The largest absolute Gasteiger partial charge is 0.290 e. The van der Waals surface area contributed by atoms with E-state index in [2.05, 4.69) is 13.0 Å². The molecule has 0 aliphatic heterocycles. The van der Waals surface area contributed by atoms with Crippen molar-refractivity contribution in [2.45, 2.75) is 32.1 Å². The highest BCUT2D eigenvalue weighted by Gasteiger charge is 2.39. The maximum absolute atomic E-state index is 11.5. The van der Waals surface area contributed by atoms with Gasteiger partial charge in [0.05, 0.1) is 0 Å². The smallest absolute Gasteiger partial charge is 0.181 e. The molecule has 0 aromatic heterocycles. The lowest BCUT2D eigenvalue weighted by Gasteiger charge is -2.08. The van der Waals surface area contributed by atoms with Gasteiger partial charge in [-0.25, -0.2) is 0 Å². The van der Waals surface area contributed by atoms with Crippen LogP contribution >= 0.6 is 0 Å². The van der Waals surface area contributed by atoms with Gasteiger partial charge in [0.2, 0.25) is 0 Å². The summed E-state index contributed by atoms with van der Waals surface area (Å²) in [4.78, 5) is 11.5. The van der Waals surface area contributed by atoms with Gasteiger partial charge in [-0.1, -0.05) is 25.1 Å². The van der Waals surface area contributed by atoms with Gasteiger partial charge in [0.25, 0.3) is 0 Å². The van der Waals surface area contributed by atoms with E-state index < -0.39 is 0 Å². The predicted octanol–water partition coefficient (Wildman–Crippen LogP) is 2.41. The molecule has 1 fully saturated rings. The van der Waals surface area contributed by atoms with Gasteiger partial charge in [0.1, 0.15) is 0 Å². The van der Waals surface area contributed by atoms with Gasteiger partial charge in [0, 0.05) is 5.56 Å². The summed E-state index contributed by atoms with van der Waals surface area (Å²) in [5.74, 6) is 0. The highest BCUT2D eigenvalue weighted by molar-refractivity contribution is 5.35. The van der Waals surface area contributed by atoms with Gasteiger partial charge in [-0.15, -0.1) is 0 Å². The monoisotopic (exact) mass is 174 g/mol. The predicted molar refractivity (Wildman–Crippen MR) is 54.0 cm³/mol. The summed E-state index contributed by atoms with van der Waals surface area (Å²) in [6.07, 6.45) is 2.44. The topological polar surface area (TPSA) is 17.1 Å². The zero-order chi connectivity index (χ0) is 9.47. The number of hydrogen-bond donors (Lipinski definition) is 0. The van der Waals surface area contributed by atoms with Crippen LogP contribution in [0.15, 0.2) is 29.1 Å². The summed E-state index contributed by atoms with van der Waals surface area (Å²) in [7, 11) is 0. The Balaban J connectivity index is 2.66. The van der Waals surface area contributed by atoms with Crippen LogP contribution in [0.1, 0.15) is 30.9 Å². The lowest BCUT2D eigenvalue weighted by molar-refractivity contribution is 0.780. The Morgan fingerprint density at radius 1 is 1.23 bits per heavy atom. The van der Waals surface area contributed by atoms with Crippen LogP contribution in [0.3, 0.4) is 0 Å². The quantitative estimate of drug-likeness (QED) is 0.639. The van der Waals surface area contributed by atoms with Crippen LogP contribution in [0.4, 0.5) is 0 Å². The molecule has 1 aromatic carbocycles. The lowest BCUT2D eigenvalue weighted by atomic mass is 9.96. The summed E-state index contributed by atoms with van der Waals surface area (Å²) in [6, 6.07) is 7.52. The fourth-order valence-corrected chi connectivity index (χ4v) is 1.79. The molecule has 1 aliphatic carbocycles. The Labute approximate surface area is 78.4 Å². The fraction of sp³-hybridized carbons (Fsp3) is 0.417. The van der Waals surface area contributed by atoms with Crippen molar-refractivity contribution in [2.24, 2.45) is 0 Å². The third kappa shape index (κ3) is 1.39. The van der Waals surface area contributed by atoms with E-state index in [0.29, 0.717) is 5.41 Å². The summed E-state index contributed by atoms with van der Waals surface area (Å²) in [5, 5.41) is 0. The van der Waals surface area contributed by atoms with Gasteiger partial charge < -0.3 is 0 Å². The Bertz CT molecular complexity index is 389. The molecule has 0 saturated heterocycles. The molecule has 0 N–H and O–H groups in total. The van der Waals surface area contributed by atoms with Crippen LogP contribution in [0.5, 0.6) is 0 Å². The van der Waals surface area contributed by atoms with Crippen LogP contribution in [0, 0.1) is 6.92 Å². The first kappa shape index (κ1) is 8.49. The molecular formula is C12H14O. The molecule has 0 atom stereocenters. The molecule has 1 heteroatoms. The molecule has 68 valence electrons. The van der Waals surface area contributed by atoms with E-state index in [0.717, 1.165) is 5.56 Å². The van der Waals surface area contributed by atoms with E-state index in [9.17, 15) is 4.79 Å². The number of hydrogen-bond acceptors (Lipinski definition) is 1. The van der Waals surface area contributed by atoms with E-state index in [1.807, 2.05) is 19.1 Å². The van der Waals surface area contributed by atoms with Crippen LogP contribution in [-0.4, -0.2) is 0 Å². The van der Waals surface area contributed by atoms with Crippen LogP contribution in [-0.2, 0) is 5.41 Å². The minimum absolute atomic E-state index is 0.160. The Hall–Kier alpha value is -1.11. The first-order valence-corrected chi connectivity index (χ1v) is 4.74. The second-order valence-electron chi connectivity index (χ2n) is 4.18. The van der Waals surface area contributed by atoms with Crippen LogP contribution in [0.25, 0.3) is 0 Å². The van der Waals surface area contributed by atoms with Gasteiger partial charge >= 0.3 is 0 Å². The van der Waals surface area contributed by atoms with E-state index >= 15 is 0 Å². The van der Waals surface area contributed by atoms with E-state index in [1.165, 1.54) is 18.4 Å². The molecule has 1 aliphatic rings. The maximum Gasteiger partial charge on any atom is 0.181 e. The van der Waals surface area contributed by atoms with Gasteiger partial charge in [-0.3, -0.25) is 4.79 Å². The number of rotatable bonds is 1. The highest BCUT2D eigenvalue weighted by atomic mass is 16.1. The van der Waals surface area contributed by atoms with Gasteiger partial charge in [0.15, 0.2) is 5.43 Å². The molecule has 1 aromatic rings. The fourth-order valence-electron chi connectivity index (χ4n) is 1.79. The normalized spacial score (nSPS) is 18.3. The average molecular weight is 174 g/mol. The second-order valence-corrected chi connectivity index (χ2v) is 4.18. The Kier molecular flexibility index (Phi) is 1.76. The van der Waals surface area contributed by atoms with Crippen molar-refractivity contribution in [3.8, 4) is 0 Å². The van der Waals surface area contributed by atoms with Crippen LogP contribution < -0.4 is 5.43 Å². The minimum atomic E-state index is 0.160. The standard InChI is InChI=1S/C12H14O/c1-9-10(12(2)7-8-12)5-3-4-6-11(9)13/h3-6H,7-8H2,1-2H3. The van der Waals surface area contributed by atoms with Crippen molar-refractivity contribution >= 4 is 0 Å². The van der Waals surface area contributed by atoms with Crippen molar-refractivity contribution in [3.05, 3.63) is 45.6 Å². The van der Waals surface area contributed by atoms with E-state index in [-0.39, 0.29) is 5.43 Å². The van der Waals surface area contributed by atoms with Crippen molar-refractivity contribution < 1.29 is 0 Å². The van der Waals surface area contributed by atoms with Crippen molar-refractivity contribution in [3.63, 3.8) is 0 Å². The summed E-state index contributed by atoms with van der Waals surface area (Å²) >= 11 is 0. The molecule has 0 spiro atoms. The zero-order valence-electron chi connectivity index (χ0n) is 8.13. The molecule has 0 amide bonds. The second kappa shape index (κ2) is 2.69. The third-order valence-electron chi connectivity index (χ3n) is 3.05.